The van der Waals surface area contributed by atoms with E-state index in [9.17, 15) is 9.59 Å². The lowest BCUT2D eigenvalue weighted by atomic mass is 9.91. The number of urea groups is 1. The number of imide groups is 1. The standard InChI is InChI=1S/C20H19ClN2O5/c1-20(13-2-7-16-17(12-13)28-11-10-27-16)18(24)23(19(25)22-20)8-9-26-15-5-3-14(21)4-6-15/h2-7,12H,8-11H2,1H3,(H,22,25)/t20-/m0/s1. The van der Waals surface area contributed by atoms with Crippen molar-refractivity contribution in [2.45, 2.75) is 12.5 Å². The van der Waals surface area contributed by atoms with Gasteiger partial charge in [0.1, 0.15) is 31.1 Å². The summed E-state index contributed by atoms with van der Waals surface area (Å²) < 4.78 is 16.7. The van der Waals surface area contributed by atoms with Gasteiger partial charge in [0.05, 0.1) is 6.54 Å². The number of carbonyl (C=O) groups is 2. The number of nitrogens with zero attached hydrogens (tertiary/aromatic N) is 1. The molecule has 1 N–H and O–H groups in total. The molecule has 1 saturated heterocycles. The summed E-state index contributed by atoms with van der Waals surface area (Å²) in [6, 6.07) is 11.7. The predicted octanol–water partition coefficient (Wildman–Crippen LogP) is 2.96. The van der Waals surface area contributed by atoms with Gasteiger partial charge in [-0.1, -0.05) is 17.7 Å². The maximum atomic E-state index is 13.0. The summed E-state index contributed by atoms with van der Waals surface area (Å²) in [5.74, 6) is 1.47. The molecule has 2 aromatic carbocycles. The van der Waals surface area contributed by atoms with E-state index in [2.05, 4.69) is 5.32 Å². The molecule has 0 bridgehead atoms. The van der Waals surface area contributed by atoms with Crippen LogP contribution in [0.5, 0.6) is 17.2 Å². The van der Waals surface area contributed by atoms with Crippen molar-refractivity contribution >= 4 is 23.5 Å². The fourth-order valence-electron chi connectivity index (χ4n) is 3.24. The van der Waals surface area contributed by atoms with Gasteiger partial charge in [0.25, 0.3) is 5.91 Å². The van der Waals surface area contributed by atoms with Gasteiger partial charge in [0, 0.05) is 5.02 Å². The van der Waals surface area contributed by atoms with Crippen LogP contribution in [0.3, 0.4) is 0 Å². The van der Waals surface area contributed by atoms with Gasteiger partial charge in [0.15, 0.2) is 11.5 Å². The molecule has 2 aliphatic heterocycles. The van der Waals surface area contributed by atoms with Crippen molar-refractivity contribution < 1.29 is 23.8 Å². The van der Waals surface area contributed by atoms with Crippen molar-refractivity contribution in [1.82, 2.24) is 10.2 Å². The van der Waals surface area contributed by atoms with E-state index in [0.29, 0.717) is 41.0 Å². The third-order valence-corrected chi connectivity index (χ3v) is 5.04. The van der Waals surface area contributed by atoms with E-state index in [-0.39, 0.29) is 19.1 Å². The van der Waals surface area contributed by atoms with Crippen LogP contribution in [0.1, 0.15) is 12.5 Å². The Morgan fingerprint density at radius 1 is 1.11 bits per heavy atom. The van der Waals surface area contributed by atoms with E-state index in [1.165, 1.54) is 0 Å². The highest BCUT2D eigenvalue weighted by atomic mass is 35.5. The van der Waals surface area contributed by atoms with E-state index >= 15 is 0 Å². The van der Waals surface area contributed by atoms with Gasteiger partial charge in [0.2, 0.25) is 0 Å². The molecule has 2 aliphatic rings. The molecule has 146 valence electrons. The molecule has 0 saturated carbocycles. The smallest absolute Gasteiger partial charge is 0.325 e. The molecular weight excluding hydrogens is 384 g/mol. The van der Waals surface area contributed by atoms with E-state index < -0.39 is 11.6 Å². The lowest BCUT2D eigenvalue weighted by molar-refractivity contribution is -0.131. The molecule has 7 nitrogen and oxygen atoms in total. The summed E-state index contributed by atoms with van der Waals surface area (Å²) in [5.41, 5.74) is -0.538. The number of hydrogen-bond donors (Lipinski definition) is 1. The summed E-state index contributed by atoms with van der Waals surface area (Å²) in [6.45, 7) is 2.92. The Balaban J connectivity index is 1.46. The highest BCUT2D eigenvalue weighted by molar-refractivity contribution is 6.30. The summed E-state index contributed by atoms with van der Waals surface area (Å²) >= 11 is 5.84. The second kappa shape index (κ2) is 7.24. The number of carbonyl (C=O) groups excluding carboxylic acids is 2. The van der Waals surface area contributed by atoms with Crippen LogP contribution in [0.25, 0.3) is 0 Å². The van der Waals surface area contributed by atoms with E-state index in [4.69, 9.17) is 25.8 Å². The van der Waals surface area contributed by atoms with Crippen molar-refractivity contribution in [3.63, 3.8) is 0 Å². The molecule has 0 aromatic heterocycles. The third-order valence-electron chi connectivity index (χ3n) is 4.79. The number of hydrogen-bond acceptors (Lipinski definition) is 5. The van der Waals surface area contributed by atoms with Crippen LogP contribution in [0.4, 0.5) is 4.79 Å². The topological polar surface area (TPSA) is 77.1 Å². The van der Waals surface area contributed by atoms with Crippen LogP contribution in [-0.2, 0) is 10.3 Å². The molecule has 0 unspecified atom stereocenters. The molecule has 1 atom stereocenters. The highest BCUT2D eigenvalue weighted by Gasteiger charge is 2.49. The number of nitrogens with one attached hydrogen (secondary N) is 1. The SMILES string of the molecule is C[C@@]1(c2ccc3c(c2)OCCO3)NC(=O)N(CCOc2ccc(Cl)cc2)C1=O. The lowest BCUT2D eigenvalue weighted by Gasteiger charge is -2.25. The second-order valence-corrected chi connectivity index (χ2v) is 7.11. The molecular formula is C20H19ClN2O5. The lowest BCUT2D eigenvalue weighted by Crippen LogP contribution is -2.41. The van der Waals surface area contributed by atoms with Gasteiger partial charge in [-0.25, -0.2) is 4.79 Å². The molecule has 0 aliphatic carbocycles. The van der Waals surface area contributed by atoms with Crippen molar-refractivity contribution in [1.29, 1.82) is 0 Å². The van der Waals surface area contributed by atoms with Gasteiger partial charge in [-0.05, 0) is 48.9 Å². The quantitative estimate of drug-likeness (QED) is 0.778. The fraction of sp³-hybridized carbons (Fsp3) is 0.300. The summed E-state index contributed by atoms with van der Waals surface area (Å²) in [4.78, 5) is 26.6. The maximum absolute atomic E-state index is 13.0. The Kier molecular flexibility index (Phi) is 4.77. The van der Waals surface area contributed by atoms with Gasteiger partial charge in [-0.2, -0.15) is 0 Å². The zero-order chi connectivity index (χ0) is 19.7. The summed E-state index contributed by atoms with van der Waals surface area (Å²) in [5, 5.41) is 3.39. The van der Waals surface area contributed by atoms with Crippen LogP contribution in [0.2, 0.25) is 5.02 Å². The molecule has 4 rings (SSSR count). The number of halogens is 1. The number of rotatable bonds is 5. The van der Waals surface area contributed by atoms with Crippen LogP contribution < -0.4 is 19.5 Å². The first-order chi connectivity index (χ1) is 13.5. The Hall–Kier alpha value is -2.93. The van der Waals surface area contributed by atoms with E-state index in [0.717, 1.165) is 4.90 Å². The Morgan fingerprint density at radius 3 is 2.57 bits per heavy atom. The van der Waals surface area contributed by atoms with Crippen LogP contribution >= 0.6 is 11.6 Å². The average Bonchev–Trinajstić information content (AvgIpc) is 2.93. The molecule has 8 heteroatoms. The largest absolute Gasteiger partial charge is 0.492 e. The highest BCUT2D eigenvalue weighted by Crippen LogP contribution is 2.36. The van der Waals surface area contributed by atoms with Crippen molar-refractivity contribution in [2.24, 2.45) is 0 Å². The minimum atomic E-state index is -1.17. The Labute approximate surface area is 167 Å². The van der Waals surface area contributed by atoms with Crippen LogP contribution in [-0.4, -0.2) is 43.2 Å². The molecule has 0 spiro atoms. The molecule has 0 radical (unpaired) electrons. The minimum Gasteiger partial charge on any atom is -0.492 e. The second-order valence-electron chi connectivity index (χ2n) is 6.67. The van der Waals surface area contributed by atoms with Gasteiger partial charge in [-0.3, -0.25) is 9.69 Å². The number of benzene rings is 2. The van der Waals surface area contributed by atoms with Gasteiger partial charge >= 0.3 is 6.03 Å². The predicted molar refractivity (Wildman–Crippen MR) is 102 cm³/mol. The van der Waals surface area contributed by atoms with Gasteiger partial charge in [-0.15, -0.1) is 0 Å². The Bertz CT molecular complexity index is 917. The average molecular weight is 403 g/mol. The molecule has 2 aromatic rings. The first-order valence-corrected chi connectivity index (χ1v) is 9.28. The minimum absolute atomic E-state index is 0.132. The van der Waals surface area contributed by atoms with Crippen LogP contribution in [0, 0.1) is 0 Å². The van der Waals surface area contributed by atoms with Gasteiger partial charge < -0.3 is 19.5 Å². The molecule has 1 fully saturated rings. The van der Waals surface area contributed by atoms with E-state index in [1.54, 1.807) is 49.4 Å². The third kappa shape index (κ3) is 3.33. The summed E-state index contributed by atoms with van der Waals surface area (Å²) in [7, 11) is 0. The fourth-order valence-corrected chi connectivity index (χ4v) is 3.36. The van der Waals surface area contributed by atoms with E-state index in [1.807, 2.05) is 0 Å². The zero-order valence-electron chi connectivity index (χ0n) is 15.2. The molecule has 28 heavy (non-hydrogen) atoms. The maximum Gasteiger partial charge on any atom is 0.325 e. The number of amides is 3. The molecule has 3 amide bonds. The Morgan fingerprint density at radius 2 is 1.82 bits per heavy atom. The monoisotopic (exact) mass is 402 g/mol. The molecule has 2 heterocycles. The first kappa shape index (κ1) is 18.4. The van der Waals surface area contributed by atoms with Crippen molar-refractivity contribution in [3.8, 4) is 17.2 Å². The summed E-state index contributed by atoms with van der Waals surface area (Å²) in [6.07, 6.45) is 0. The van der Waals surface area contributed by atoms with Crippen molar-refractivity contribution in [3.05, 3.63) is 53.1 Å². The zero-order valence-corrected chi connectivity index (χ0v) is 16.0. The number of fused-ring (bicyclic) bond motifs is 1. The first-order valence-electron chi connectivity index (χ1n) is 8.90. The normalized spacial score (nSPS) is 20.9. The number of ether oxygens (including phenoxy) is 3. The van der Waals surface area contributed by atoms with Crippen molar-refractivity contribution in [2.75, 3.05) is 26.4 Å². The van der Waals surface area contributed by atoms with Crippen LogP contribution in [0.15, 0.2) is 42.5 Å².